The maximum atomic E-state index is 6.09. The van der Waals surface area contributed by atoms with Crippen molar-refractivity contribution in [1.82, 2.24) is 5.43 Å². The fourth-order valence-corrected chi connectivity index (χ4v) is 1.74. The van der Waals surface area contributed by atoms with Crippen molar-refractivity contribution in [1.29, 1.82) is 0 Å². The molecule has 1 aromatic rings. The molecule has 0 radical (unpaired) electrons. The molecule has 0 aliphatic heterocycles. The summed E-state index contributed by atoms with van der Waals surface area (Å²) in [5, 5.41) is 0.766. The predicted molar refractivity (Wildman–Crippen MR) is 67.3 cm³/mol. The van der Waals surface area contributed by atoms with E-state index >= 15 is 0 Å². The largest absolute Gasteiger partial charge is 0.382 e. The van der Waals surface area contributed by atoms with Gasteiger partial charge in [0.15, 0.2) is 0 Å². The van der Waals surface area contributed by atoms with Crippen LogP contribution in [-0.2, 0) is 4.74 Å². The monoisotopic (exact) mass is 242 g/mol. The first kappa shape index (κ1) is 13.5. The number of nitrogens with one attached hydrogen (secondary N) is 1. The average Bonchev–Trinajstić information content (AvgIpc) is 2.29. The van der Waals surface area contributed by atoms with Gasteiger partial charge in [-0.1, -0.05) is 23.7 Å². The van der Waals surface area contributed by atoms with E-state index < -0.39 is 0 Å². The zero-order valence-electron chi connectivity index (χ0n) is 9.96. The van der Waals surface area contributed by atoms with Crippen molar-refractivity contribution in [2.24, 2.45) is 5.84 Å². The quantitative estimate of drug-likeness (QED) is 0.616. The molecule has 0 aromatic heterocycles. The zero-order valence-corrected chi connectivity index (χ0v) is 10.7. The topological polar surface area (TPSA) is 47.3 Å². The van der Waals surface area contributed by atoms with Crippen LogP contribution >= 0.6 is 11.6 Å². The van der Waals surface area contributed by atoms with Crippen LogP contribution < -0.4 is 11.3 Å². The first-order chi connectivity index (χ1) is 7.58. The van der Waals surface area contributed by atoms with E-state index in [0.29, 0.717) is 0 Å². The molecule has 1 aromatic carbocycles. The number of benzene rings is 1. The Bertz CT molecular complexity index is 344. The highest BCUT2D eigenvalue weighted by molar-refractivity contribution is 6.31. The first-order valence-corrected chi connectivity index (χ1v) is 5.71. The van der Waals surface area contributed by atoms with Crippen molar-refractivity contribution in [3.8, 4) is 0 Å². The summed E-state index contributed by atoms with van der Waals surface area (Å²) in [6.07, 6.45) is 0.966. The molecule has 0 heterocycles. The molecule has 3 N–H and O–H groups in total. The van der Waals surface area contributed by atoms with Crippen molar-refractivity contribution in [3.05, 3.63) is 34.3 Å². The summed E-state index contributed by atoms with van der Waals surface area (Å²) in [7, 11) is 1.69. The fraction of sp³-hybridized carbons (Fsp3) is 0.500. The van der Waals surface area contributed by atoms with Gasteiger partial charge in [-0.3, -0.25) is 11.3 Å². The third-order valence-electron chi connectivity index (χ3n) is 2.77. The minimum absolute atomic E-state index is 0.0630. The fourth-order valence-electron chi connectivity index (χ4n) is 1.55. The van der Waals surface area contributed by atoms with Crippen LogP contribution in [0.25, 0.3) is 0 Å². The molecule has 0 spiro atoms. The van der Waals surface area contributed by atoms with Crippen molar-refractivity contribution in [2.45, 2.75) is 32.4 Å². The molecule has 0 aliphatic carbocycles. The van der Waals surface area contributed by atoms with E-state index in [4.69, 9.17) is 22.2 Å². The van der Waals surface area contributed by atoms with Crippen molar-refractivity contribution in [3.63, 3.8) is 0 Å². The average molecular weight is 243 g/mol. The molecule has 0 saturated heterocycles. The van der Waals surface area contributed by atoms with Gasteiger partial charge < -0.3 is 4.74 Å². The molecule has 0 fully saturated rings. The summed E-state index contributed by atoms with van der Waals surface area (Å²) in [5.74, 6) is 5.55. The molecule has 90 valence electrons. The summed E-state index contributed by atoms with van der Waals surface area (Å²) in [6, 6.07) is 6.05. The maximum Gasteiger partial charge on any atom is 0.0561 e. The molecule has 16 heavy (non-hydrogen) atoms. The van der Waals surface area contributed by atoms with Gasteiger partial charge in [-0.15, -0.1) is 0 Å². The molecule has 2 unspecified atom stereocenters. The molecular formula is C12H19ClN2O. The lowest BCUT2D eigenvalue weighted by Gasteiger charge is -2.20. The van der Waals surface area contributed by atoms with Crippen LogP contribution in [0.5, 0.6) is 0 Å². The second-order valence-corrected chi connectivity index (χ2v) is 4.42. The number of nitrogens with two attached hydrogens (primary N) is 1. The predicted octanol–water partition coefficient (Wildman–Crippen LogP) is 2.58. The number of halogens is 1. The Morgan fingerprint density at radius 1 is 1.50 bits per heavy atom. The Kier molecular flexibility index (Phi) is 5.22. The molecule has 4 heteroatoms. The SMILES string of the molecule is COC(C)CC(NN)c1ccc(C)c(Cl)c1. The number of hydrazine groups is 1. The smallest absolute Gasteiger partial charge is 0.0561 e. The van der Waals surface area contributed by atoms with Crippen LogP contribution in [0.3, 0.4) is 0 Å². The van der Waals surface area contributed by atoms with E-state index in [9.17, 15) is 0 Å². The van der Waals surface area contributed by atoms with Gasteiger partial charge in [0.2, 0.25) is 0 Å². The van der Waals surface area contributed by atoms with E-state index in [-0.39, 0.29) is 12.1 Å². The Morgan fingerprint density at radius 3 is 2.69 bits per heavy atom. The number of aryl methyl sites for hydroxylation is 1. The van der Waals surface area contributed by atoms with Gasteiger partial charge in [-0.2, -0.15) is 0 Å². The number of methoxy groups -OCH3 is 1. The molecule has 0 amide bonds. The van der Waals surface area contributed by atoms with Gasteiger partial charge in [0.05, 0.1) is 6.10 Å². The number of hydrogen-bond acceptors (Lipinski definition) is 3. The van der Waals surface area contributed by atoms with E-state index in [1.165, 1.54) is 0 Å². The molecule has 0 aliphatic rings. The Balaban J connectivity index is 2.82. The van der Waals surface area contributed by atoms with Crippen molar-refractivity contribution in [2.75, 3.05) is 7.11 Å². The van der Waals surface area contributed by atoms with Gasteiger partial charge in [0.1, 0.15) is 0 Å². The van der Waals surface area contributed by atoms with Crippen LogP contribution in [0.4, 0.5) is 0 Å². The van der Waals surface area contributed by atoms with Crippen molar-refractivity contribution >= 4 is 11.6 Å². The molecule has 0 saturated carbocycles. The third-order valence-corrected chi connectivity index (χ3v) is 3.18. The number of hydrogen-bond donors (Lipinski definition) is 2. The number of rotatable bonds is 5. The highest BCUT2D eigenvalue weighted by atomic mass is 35.5. The summed E-state index contributed by atoms with van der Waals surface area (Å²) in [6.45, 7) is 3.99. The van der Waals surface area contributed by atoms with Crippen LogP contribution in [0, 0.1) is 6.92 Å². The molecule has 3 nitrogen and oxygen atoms in total. The molecule has 1 rings (SSSR count). The summed E-state index contributed by atoms with van der Waals surface area (Å²) in [4.78, 5) is 0. The van der Waals surface area contributed by atoms with Gasteiger partial charge in [0, 0.05) is 18.2 Å². The third kappa shape index (κ3) is 3.46. The van der Waals surface area contributed by atoms with Gasteiger partial charge in [-0.05, 0) is 37.5 Å². The highest BCUT2D eigenvalue weighted by Crippen LogP contribution is 2.24. The Hall–Kier alpha value is -0.610. The minimum Gasteiger partial charge on any atom is -0.382 e. The van der Waals surface area contributed by atoms with E-state index in [0.717, 1.165) is 22.6 Å². The minimum atomic E-state index is 0.0630. The van der Waals surface area contributed by atoms with Crippen LogP contribution in [-0.4, -0.2) is 13.2 Å². The van der Waals surface area contributed by atoms with Crippen LogP contribution in [0.15, 0.2) is 18.2 Å². The summed E-state index contributed by atoms with van der Waals surface area (Å²) >= 11 is 6.09. The van der Waals surface area contributed by atoms with Gasteiger partial charge >= 0.3 is 0 Å². The highest BCUT2D eigenvalue weighted by Gasteiger charge is 2.14. The normalized spacial score (nSPS) is 14.8. The maximum absolute atomic E-state index is 6.09. The van der Waals surface area contributed by atoms with E-state index in [1.54, 1.807) is 7.11 Å². The Labute approximate surface area is 102 Å². The van der Waals surface area contributed by atoms with Gasteiger partial charge in [-0.25, -0.2) is 0 Å². The molecule has 2 atom stereocenters. The lowest BCUT2D eigenvalue weighted by Crippen LogP contribution is -2.30. The van der Waals surface area contributed by atoms with E-state index in [2.05, 4.69) is 5.43 Å². The summed E-state index contributed by atoms with van der Waals surface area (Å²) in [5.41, 5.74) is 4.95. The lowest BCUT2D eigenvalue weighted by molar-refractivity contribution is 0.100. The lowest BCUT2D eigenvalue weighted by atomic mass is 10.0. The standard InChI is InChI=1S/C12H19ClN2O/c1-8-4-5-10(7-11(8)13)12(15-14)6-9(2)16-3/h4-5,7,9,12,15H,6,14H2,1-3H3. The molecule has 0 bridgehead atoms. The zero-order chi connectivity index (χ0) is 12.1. The summed E-state index contributed by atoms with van der Waals surface area (Å²) < 4.78 is 5.23. The van der Waals surface area contributed by atoms with Crippen LogP contribution in [0.2, 0.25) is 5.02 Å². The second-order valence-electron chi connectivity index (χ2n) is 4.01. The van der Waals surface area contributed by atoms with Gasteiger partial charge in [0.25, 0.3) is 0 Å². The number of ether oxygens (including phenoxy) is 1. The second kappa shape index (κ2) is 6.21. The molecular weight excluding hydrogens is 224 g/mol. The first-order valence-electron chi connectivity index (χ1n) is 5.33. The van der Waals surface area contributed by atoms with Crippen molar-refractivity contribution < 1.29 is 4.74 Å². The van der Waals surface area contributed by atoms with Crippen LogP contribution in [0.1, 0.15) is 30.5 Å². The van der Waals surface area contributed by atoms with E-state index in [1.807, 2.05) is 32.0 Å². The Morgan fingerprint density at radius 2 is 2.19 bits per heavy atom.